The number of methoxy groups -OCH3 is 1. The molecule has 5 heteroatoms. The number of ether oxygens (including phenoxy) is 1. The molecule has 0 aliphatic carbocycles. The summed E-state index contributed by atoms with van der Waals surface area (Å²) in [6, 6.07) is 12.8. The van der Waals surface area contributed by atoms with Crippen molar-refractivity contribution < 1.29 is 9.53 Å². The number of benzene rings is 2. The maximum atomic E-state index is 11.5. The van der Waals surface area contributed by atoms with Gasteiger partial charge in [-0.05, 0) is 30.3 Å². The van der Waals surface area contributed by atoms with Crippen molar-refractivity contribution in [3.8, 4) is 11.4 Å². The highest BCUT2D eigenvalue weighted by molar-refractivity contribution is 6.30. The fourth-order valence-electron chi connectivity index (χ4n) is 2.41. The van der Waals surface area contributed by atoms with Gasteiger partial charge in [-0.15, -0.1) is 0 Å². The largest absolute Gasteiger partial charge is 0.497 e. The van der Waals surface area contributed by atoms with Gasteiger partial charge < -0.3 is 15.0 Å². The lowest BCUT2D eigenvalue weighted by molar-refractivity contribution is 0.100. The van der Waals surface area contributed by atoms with Gasteiger partial charge in [0.25, 0.3) is 0 Å². The molecule has 0 aliphatic heterocycles. The van der Waals surface area contributed by atoms with Gasteiger partial charge in [0, 0.05) is 28.2 Å². The molecule has 21 heavy (non-hydrogen) atoms. The third-order valence-electron chi connectivity index (χ3n) is 3.37. The van der Waals surface area contributed by atoms with Crippen LogP contribution >= 0.6 is 11.6 Å². The van der Waals surface area contributed by atoms with Gasteiger partial charge in [-0.3, -0.25) is 4.79 Å². The van der Waals surface area contributed by atoms with Crippen molar-refractivity contribution in [3.05, 3.63) is 59.2 Å². The molecule has 0 saturated heterocycles. The monoisotopic (exact) mass is 300 g/mol. The third kappa shape index (κ3) is 2.34. The van der Waals surface area contributed by atoms with Crippen LogP contribution in [0.5, 0.6) is 5.75 Å². The number of nitrogens with two attached hydrogens (primary N) is 1. The van der Waals surface area contributed by atoms with E-state index >= 15 is 0 Å². The van der Waals surface area contributed by atoms with Crippen molar-refractivity contribution in [2.75, 3.05) is 7.11 Å². The van der Waals surface area contributed by atoms with E-state index in [0.29, 0.717) is 16.3 Å². The van der Waals surface area contributed by atoms with Crippen LogP contribution < -0.4 is 10.5 Å². The Labute approximate surface area is 126 Å². The number of halogens is 1. The lowest BCUT2D eigenvalue weighted by Gasteiger charge is -2.09. The van der Waals surface area contributed by atoms with Crippen LogP contribution in [-0.2, 0) is 0 Å². The summed E-state index contributed by atoms with van der Waals surface area (Å²) in [5, 5.41) is 1.39. The number of aromatic nitrogens is 1. The van der Waals surface area contributed by atoms with Gasteiger partial charge in [-0.25, -0.2) is 0 Å². The minimum absolute atomic E-state index is 0.443. The molecule has 0 spiro atoms. The molecular weight excluding hydrogens is 288 g/mol. The van der Waals surface area contributed by atoms with Gasteiger partial charge in [0.05, 0.1) is 18.3 Å². The molecule has 3 rings (SSSR count). The summed E-state index contributed by atoms with van der Waals surface area (Å²) in [4.78, 5) is 11.5. The molecule has 2 aromatic carbocycles. The van der Waals surface area contributed by atoms with E-state index in [4.69, 9.17) is 22.1 Å². The molecule has 0 bridgehead atoms. The molecule has 0 fully saturated rings. The van der Waals surface area contributed by atoms with Crippen LogP contribution in [0.4, 0.5) is 0 Å². The first-order valence-corrected chi connectivity index (χ1v) is 6.73. The summed E-state index contributed by atoms with van der Waals surface area (Å²) in [5.74, 6) is 0.229. The zero-order chi connectivity index (χ0) is 15.0. The standard InChI is InChI=1S/C16H13ClN2O2/c1-21-12-8-10(17)7-11(9-12)19-6-5-13-14(16(18)20)3-2-4-15(13)19/h2-9H,1H3,(H2,18,20). The quantitative estimate of drug-likeness (QED) is 0.806. The smallest absolute Gasteiger partial charge is 0.249 e. The molecule has 0 unspecified atom stereocenters. The van der Waals surface area contributed by atoms with E-state index in [-0.39, 0.29) is 0 Å². The molecule has 1 aromatic heterocycles. The van der Waals surface area contributed by atoms with Gasteiger partial charge in [-0.2, -0.15) is 0 Å². The summed E-state index contributed by atoms with van der Waals surface area (Å²) in [7, 11) is 1.59. The number of hydrogen-bond donors (Lipinski definition) is 1. The molecule has 0 atom stereocenters. The van der Waals surface area contributed by atoms with Crippen LogP contribution in [0.25, 0.3) is 16.6 Å². The summed E-state index contributed by atoms with van der Waals surface area (Å²) >= 11 is 6.11. The van der Waals surface area contributed by atoms with Crippen LogP contribution in [0.15, 0.2) is 48.7 Å². The van der Waals surface area contributed by atoms with Crippen LogP contribution in [0.1, 0.15) is 10.4 Å². The number of fused-ring (bicyclic) bond motifs is 1. The Hall–Kier alpha value is -2.46. The first-order chi connectivity index (χ1) is 10.1. The number of primary amides is 1. The van der Waals surface area contributed by atoms with Gasteiger partial charge in [0.15, 0.2) is 0 Å². The Morgan fingerprint density at radius 1 is 1.24 bits per heavy atom. The predicted molar refractivity (Wildman–Crippen MR) is 83.4 cm³/mol. The summed E-state index contributed by atoms with van der Waals surface area (Å²) in [6.45, 7) is 0. The average Bonchev–Trinajstić information content (AvgIpc) is 2.90. The van der Waals surface area contributed by atoms with Crippen LogP contribution in [-0.4, -0.2) is 17.6 Å². The fourth-order valence-corrected chi connectivity index (χ4v) is 2.63. The van der Waals surface area contributed by atoms with Crippen LogP contribution in [0.3, 0.4) is 0 Å². The van der Waals surface area contributed by atoms with Gasteiger partial charge in [-0.1, -0.05) is 17.7 Å². The second kappa shape index (κ2) is 5.14. The lowest BCUT2D eigenvalue weighted by atomic mass is 10.1. The number of carbonyl (C=O) groups excluding carboxylic acids is 1. The molecule has 106 valence electrons. The van der Waals surface area contributed by atoms with E-state index in [2.05, 4.69) is 0 Å². The van der Waals surface area contributed by atoms with Crippen molar-refractivity contribution >= 4 is 28.4 Å². The molecule has 3 aromatic rings. The summed E-state index contributed by atoms with van der Waals surface area (Å²) in [5.41, 5.74) is 7.65. The predicted octanol–water partition coefficient (Wildman–Crippen LogP) is 3.39. The Kier molecular flexibility index (Phi) is 3.31. The topological polar surface area (TPSA) is 57.2 Å². The number of rotatable bonds is 3. The van der Waals surface area contributed by atoms with Crippen molar-refractivity contribution in [1.82, 2.24) is 4.57 Å². The summed E-state index contributed by atoms with van der Waals surface area (Å²) < 4.78 is 7.18. The second-order valence-electron chi connectivity index (χ2n) is 4.64. The lowest BCUT2D eigenvalue weighted by Crippen LogP contribution is -2.11. The first kappa shape index (κ1) is 13.5. The third-order valence-corrected chi connectivity index (χ3v) is 3.59. The van der Waals surface area contributed by atoms with Gasteiger partial charge in [0.1, 0.15) is 5.75 Å². The van der Waals surface area contributed by atoms with E-state index < -0.39 is 5.91 Å². The molecule has 2 N–H and O–H groups in total. The SMILES string of the molecule is COc1cc(Cl)cc(-n2ccc3c(C(N)=O)cccc32)c1. The Morgan fingerprint density at radius 3 is 2.76 bits per heavy atom. The zero-order valence-electron chi connectivity index (χ0n) is 11.3. The normalized spacial score (nSPS) is 10.8. The first-order valence-electron chi connectivity index (χ1n) is 6.35. The zero-order valence-corrected chi connectivity index (χ0v) is 12.1. The Morgan fingerprint density at radius 2 is 2.05 bits per heavy atom. The number of amides is 1. The number of nitrogens with zero attached hydrogens (tertiary/aromatic N) is 1. The van der Waals surface area contributed by atoms with Crippen molar-refractivity contribution in [1.29, 1.82) is 0 Å². The highest BCUT2D eigenvalue weighted by atomic mass is 35.5. The maximum absolute atomic E-state index is 11.5. The van der Waals surface area contributed by atoms with E-state index in [1.807, 2.05) is 35.0 Å². The average molecular weight is 301 g/mol. The fraction of sp³-hybridized carbons (Fsp3) is 0.0625. The Balaban J connectivity index is 2.24. The van der Waals surface area contributed by atoms with E-state index in [0.717, 1.165) is 16.6 Å². The molecule has 0 aliphatic rings. The van der Waals surface area contributed by atoms with Gasteiger partial charge in [0.2, 0.25) is 5.91 Å². The highest BCUT2D eigenvalue weighted by Crippen LogP contribution is 2.28. The minimum Gasteiger partial charge on any atom is -0.497 e. The molecule has 0 radical (unpaired) electrons. The molecular formula is C16H13ClN2O2. The molecule has 1 amide bonds. The van der Waals surface area contributed by atoms with Crippen molar-refractivity contribution in [2.24, 2.45) is 5.73 Å². The number of carbonyl (C=O) groups is 1. The summed E-state index contributed by atoms with van der Waals surface area (Å²) in [6.07, 6.45) is 1.88. The molecule has 1 heterocycles. The van der Waals surface area contributed by atoms with Crippen molar-refractivity contribution in [3.63, 3.8) is 0 Å². The Bertz CT molecular complexity index is 839. The van der Waals surface area contributed by atoms with Crippen LogP contribution in [0.2, 0.25) is 5.02 Å². The van der Waals surface area contributed by atoms with E-state index in [1.165, 1.54) is 0 Å². The maximum Gasteiger partial charge on any atom is 0.249 e. The van der Waals surface area contributed by atoms with Crippen LogP contribution in [0, 0.1) is 0 Å². The highest BCUT2D eigenvalue weighted by Gasteiger charge is 2.11. The molecule has 0 saturated carbocycles. The van der Waals surface area contributed by atoms with Crippen molar-refractivity contribution in [2.45, 2.75) is 0 Å². The van der Waals surface area contributed by atoms with E-state index in [1.54, 1.807) is 25.3 Å². The van der Waals surface area contributed by atoms with Gasteiger partial charge >= 0.3 is 0 Å². The molecule has 4 nitrogen and oxygen atoms in total. The second-order valence-corrected chi connectivity index (χ2v) is 5.07. The minimum atomic E-state index is -0.443. The van der Waals surface area contributed by atoms with E-state index in [9.17, 15) is 4.79 Å². The number of hydrogen-bond acceptors (Lipinski definition) is 2.